The molecule has 1 N–H and O–H groups in total. The number of hydrogen-bond donors (Lipinski definition) is 1. The van der Waals surface area contributed by atoms with Crippen molar-refractivity contribution < 1.29 is 4.79 Å². The van der Waals surface area contributed by atoms with Crippen LogP contribution in [0.25, 0.3) is 16.9 Å². The maximum atomic E-state index is 12.9. The average molecular weight is 369 g/mol. The van der Waals surface area contributed by atoms with Crippen LogP contribution in [0.15, 0.2) is 73.1 Å². The van der Waals surface area contributed by atoms with E-state index in [2.05, 4.69) is 42.3 Å². The number of nitrogens with one attached hydrogen (secondary N) is 1. The number of pyridine rings is 1. The Morgan fingerprint density at radius 3 is 2.36 bits per heavy atom. The standard InChI is InChI=1S/C24H23N3O/c1-3-17-11-8-12-18(4-2)23(17)26-24(28)20-13-14-27-16-21(25-22(27)15-20)19-9-6-5-7-10-19/h5-16H,3-4H2,1-2H3,(H,26,28). The highest BCUT2D eigenvalue weighted by Crippen LogP contribution is 2.24. The lowest BCUT2D eigenvalue weighted by Crippen LogP contribution is -2.15. The van der Waals surface area contributed by atoms with Crippen LogP contribution in [0.3, 0.4) is 0 Å². The molecule has 0 aliphatic carbocycles. The Bertz CT molecular complexity index is 1110. The van der Waals surface area contributed by atoms with E-state index in [9.17, 15) is 4.79 Å². The number of aryl methyl sites for hydroxylation is 2. The summed E-state index contributed by atoms with van der Waals surface area (Å²) in [4.78, 5) is 17.6. The van der Waals surface area contributed by atoms with Gasteiger partial charge < -0.3 is 9.72 Å². The Balaban J connectivity index is 1.65. The van der Waals surface area contributed by atoms with Crippen molar-refractivity contribution in [2.24, 2.45) is 0 Å². The van der Waals surface area contributed by atoms with Gasteiger partial charge in [0.2, 0.25) is 0 Å². The van der Waals surface area contributed by atoms with Crippen LogP contribution >= 0.6 is 0 Å². The largest absolute Gasteiger partial charge is 0.321 e. The number of nitrogens with zero attached hydrogens (tertiary/aromatic N) is 2. The molecule has 0 saturated heterocycles. The highest BCUT2D eigenvalue weighted by atomic mass is 16.1. The van der Waals surface area contributed by atoms with Crippen LogP contribution in [-0.2, 0) is 12.8 Å². The zero-order valence-electron chi connectivity index (χ0n) is 16.1. The summed E-state index contributed by atoms with van der Waals surface area (Å²) in [7, 11) is 0. The van der Waals surface area contributed by atoms with E-state index >= 15 is 0 Å². The van der Waals surface area contributed by atoms with Crippen LogP contribution in [-0.4, -0.2) is 15.3 Å². The fourth-order valence-electron chi connectivity index (χ4n) is 3.46. The van der Waals surface area contributed by atoms with E-state index in [4.69, 9.17) is 0 Å². The van der Waals surface area contributed by atoms with E-state index in [-0.39, 0.29) is 5.91 Å². The molecule has 0 atom stereocenters. The lowest BCUT2D eigenvalue weighted by molar-refractivity contribution is 0.102. The first-order valence-corrected chi connectivity index (χ1v) is 9.66. The van der Waals surface area contributed by atoms with Crippen molar-refractivity contribution in [3.05, 3.63) is 89.7 Å². The topological polar surface area (TPSA) is 46.4 Å². The van der Waals surface area contributed by atoms with Crippen molar-refractivity contribution in [1.82, 2.24) is 9.38 Å². The summed E-state index contributed by atoms with van der Waals surface area (Å²) < 4.78 is 1.94. The first kappa shape index (κ1) is 18.0. The summed E-state index contributed by atoms with van der Waals surface area (Å²) >= 11 is 0. The molecule has 4 rings (SSSR count). The zero-order valence-corrected chi connectivity index (χ0v) is 16.1. The molecule has 2 aromatic heterocycles. The van der Waals surface area contributed by atoms with Gasteiger partial charge in [0.25, 0.3) is 5.91 Å². The molecule has 4 aromatic rings. The van der Waals surface area contributed by atoms with E-state index in [1.165, 1.54) is 0 Å². The highest BCUT2D eigenvalue weighted by Gasteiger charge is 2.13. The third kappa shape index (κ3) is 3.41. The summed E-state index contributed by atoms with van der Waals surface area (Å²) in [5.74, 6) is -0.109. The summed E-state index contributed by atoms with van der Waals surface area (Å²) in [6.45, 7) is 4.21. The second kappa shape index (κ2) is 7.69. The molecule has 0 saturated carbocycles. The lowest BCUT2D eigenvalue weighted by Gasteiger charge is -2.14. The zero-order chi connectivity index (χ0) is 19.5. The maximum absolute atomic E-state index is 12.9. The van der Waals surface area contributed by atoms with Gasteiger partial charge in [-0.1, -0.05) is 62.4 Å². The van der Waals surface area contributed by atoms with Crippen LogP contribution in [0.5, 0.6) is 0 Å². The monoisotopic (exact) mass is 369 g/mol. The molecule has 1 amide bonds. The molecule has 4 nitrogen and oxygen atoms in total. The number of benzene rings is 2. The third-order valence-corrected chi connectivity index (χ3v) is 5.03. The minimum absolute atomic E-state index is 0.109. The number of para-hydroxylation sites is 1. The van der Waals surface area contributed by atoms with E-state index in [1.54, 1.807) is 0 Å². The molecule has 28 heavy (non-hydrogen) atoms. The molecule has 0 bridgehead atoms. The molecule has 0 unspecified atom stereocenters. The normalized spacial score (nSPS) is 10.9. The Hall–Kier alpha value is -3.40. The molecule has 2 heterocycles. The molecule has 4 heteroatoms. The highest BCUT2D eigenvalue weighted by molar-refractivity contribution is 6.05. The predicted molar refractivity (Wildman–Crippen MR) is 114 cm³/mol. The predicted octanol–water partition coefficient (Wildman–Crippen LogP) is 5.38. The summed E-state index contributed by atoms with van der Waals surface area (Å²) in [5, 5.41) is 3.12. The Kier molecular flexibility index (Phi) is 4.94. The van der Waals surface area contributed by atoms with Gasteiger partial charge in [-0.15, -0.1) is 0 Å². The fraction of sp³-hybridized carbons (Fsp3) is 0.167. The molecule has 0 radical (unpaired) electrons. The van der Waals surface area contributed by atoms with Gasteiger partial charge in [0.15, 0.2) is 0 Å². The number of amides is 1. The van der Waals surface area contributed by atoms with Crippen molar-refractivity contribution in [2.75, 3.05) is 5.32 Å². The van der Waals surface area contributed by atoms with Gasteiger partial charge in [0, 0.05) is 29.2 Å². The number of anilines is 1. The molecule has 2 aromatic carbocycles. The summed E-state index contributed by atoms with van der Waals surface area (Å²) in [6, 6.07) is 19.9. The van der Waals surface area contributed by atoms with Gasteiger partial charge in [-0.3, -0.25) is 4.79 Å². The van der Waals surface area contributed by atoms with Crippen molar-refractivity contribution >= 4 is 17.2 Å². The van der Waals surface area contributed by atoms with Crippen molar-refractivity contribution in [2.45, 2.75) is 26.7 Å². The van der Waals surface area contributed by atoms with Crippen LogP contribution in [0.4, 0.5) is 5.69 Å². The second-order valence-corrected chi connectivity index (χ2v) is 6.79. The molecule has 0 aliphatic rings. The maximum Gasteiger partial charge on any atom is 0.255 e. The Labute approximate surface area is 164 Å². The number of imidazole rings is 1. The molecule has 140 valence electrons. The molecule has 0 aliphatic heterocycles. The van der Waals surface area contributed by atoms with Crippen LogP contribution in [0, 0.1) is 0 Å². The van der Waals surface area contributed by atoms with Crippen molar-refractivity contribution in [3.8, 4) is 11.3 Å². The minimum atomic E-state index is -0.109. The van der Waals surface area contributed by atoms with E-state index in [1.807, 2.05) is 59.3 Å². The quantitative estimate of drug-likeness (QED) is 0.513. The smallest absolute Gasteiger partial charge is 0.255 e. The SMILES string of the molecule is CCc1cccc(CC)c1NC(=O)c1ccn2cc(-c3ccccc3)nc2c1. The van der Waals surface area contributed by atoms with Gasteiger partial charge in [-0.2, -0.15) is 0 Å². The lowest BCUT2D eigenvalue weighted by atomic mass is 10.0. The number of hydrogen-bond acceptors (Lipinski definition) is 2. The Morgan fingerprint density at radius 2 is 1.68 bits per heavy atom. The number of fused-ring (bicyclic) bond motifs is 1. The molecule has 0 spiro atoms. The van der Waals surface area contributed by atoms with Gasteiger partial charge in [0.1, 0.15) is 5.65 Å². The fourth-order valence-corrected chi connectivity index (χ4v) is 3.46. The van der Waals surface area contributed by atoms with Crippen molar-refractivity contribution in [3.63, 3.8) is 0 Å². The van der Waals surface area contributed by atoms with Gasteiger partial charge in [0.05, 0.1) is 5.69 Å². The second-order valence-electron chi connectivity index (χ2n) is 6.79. The number of rotatable bonds is 5. The summed E-state index contributed by atoms with van der Waals surface area (Å²) in [5.41, 5.74) is 6.55. The van der Waals surface area contributed by atoms with Crippen LogP contribution in [0.2, 0.25) is 0 Å². The van der Waals surface area contributed by atoms with Crippen LogP contribution < -0.4 is 5.32 Å². The number of carbonyl (C=O) groups is 1. The molecular formula is C24H23N3O. The van der Waals surface area contributed by atoms with Gasteiger partial charge in [-0.05, 0) is 36.1 Å². The first-order chi connectivity index (χ1) is 13.7. The number of aromatic nitrogens is 2. The van der Waals surface area contributed by atoms with Crippen molar-refractivity contribution in [1.29, 1.82) is 0 Å². The molecular weight excluding hydrogens is 346 g/mol. The Morgan fingerprint density at radius 1 is 0.964 bits per heavy atom. The van der Waals surface area contributed by atoms with E-state index in [0.717, 1.165) is 46.6 Å². The average Bonchev–Trinajstić information content (AvgIpc) is 3.18. The number of carbonyl (C=O) groups excluding carboxylic acids is 1. The van der Waals surface area contributed by atoms with E-state index < -0.39 is 0 Å². The van der Waals surface area contributed by atoms with Crippen LogP contribution in [0.1, 0.15) is 35.3 Å². The third-order valence-electron chi connectivity index (χ3n) is 5.03. The minimum Gasteiger partial charge on any atom is -0.321 e. The first-order valence-electron chi connectivity index (χ1n) is 9.66. The van der Waals surface area contributed by atoms with E-state index in [0.29, 0.717) is 5.56 Å². The van der Waals surface area contributed by atoms with Gasteiger partial charge in [-0.25, -0.2) is 4.98 Å². The summed E-state index contributed by atoms with van der Waals surface area (Å²) in [6.07, 6.45) is 5.62. The molecule has 0 fully saturated rings. The van der Waals surface area contributed by atoms with Gasteiger partial charge >= 0.3 is 0 Å².